The highest BCUT2D eigenvalue weighted by molar-refractivity contribution is 5.68. The van der Waals surface area contributed by atoms with Crippen molar-refractivity contribution in [3.05, 3.63) is 22.8 Å². The fourth-order valence-electron chi connectivity index (χ4n) is 5.17. The molecule has 1 saturated heterocycles. The van der Waals surface area contributed by atoms with Crippen molar-refractivity contribution >= 4 is 23.9 Å². The van der Waals surface area contributed by atoms with Gasteiger partial charge in [-0.15, -0.1) is 0 Å². The summed E-state index contributed by atoms with van der Waals surface area (Å²) in [4.78, 5) is 47.9. The summed E-state index contributed by atoms with van der Waals surface area (Å²) in [6, 6.07) is 1.88. The normalized spacial score (nSPS) is 21.2. The molecule has 1 aromatic carbocycles. The number of carbonyl (C=O) groups excluding carboxylic acids is 4. The lowest BCUT2D eigenvalue weighted by atomic mass is 9.97. The summed E-state index contributed by atoms with van der Waals surface area (Å²) in [6.45, 7) is 12.9. The van der Waals surface area contributed by atoms with Crippen molar-refractivity contribution in [1.29, 1.82) is 0 Å². The van der Waals surface area contributed by atoms with Crippen molar-refractivity contribution in [3.63, 3.8) is 0 Å². The maximum absolute atomic E-state index is 12.2. The van der Waals surface area contributed by atoms with Gasteiger partial charge < -0.3 is 33.2 Å². The van der Waals surface area contributed by atoms with Crippen LogP contribution in [0.2, 0.25) is 0 Å². The molecule has 44 heavy (non-hydrogen) atoms. The Kier molecular flexibility index (Phi) is 15.5. The predicted molar refractivity (Wildman–Crippen MR) is 161 cm³/mol. The van der Waals surface area contributed by atoms with Crippen LogP contribution in [0.15, 0.2) is 6.07 Å². The molecule has 0 spiro atoms. The third-order valence-electron chi connectivity index (χ3n) is 7.42. The predicted octanol–water partition coefficient (Wildman–Crippen LogP) is 5.59. The van der Waals surface area contributed by atoms with Crippen molar-refractivity contribution in [2.45, 2.75) is 137 Å². The number of rotatable bonds is 17. The van der Waals surface area contributed by atoms with E-state index < -0.39 is 54.6 Å². The second-order valence-corrected chi connectivity index (χ2v) is 11.3. The van der Waals surface area contributed by atoms with Gasteiger partial charge in [-0.3, -0.25) is 19.2 Å². The van der Waals surface area contributed by atoms with Crippen LogP contribution in [-0.2, 0) is 42.9 Å². The molecule has 1 heterocycles. The third-order valence-corrected chi connectivity index (χ3v) is 7.42. The van der Waals surface area contributed by atoms with Crippen LogP contribution < -0.4 is 9.47 Å². The van der Waals surface area contributed by atoms with Crippen molar-refractivity contribution in [3.8, 4) is 11.5 Å². The van der Waals surface area contributed by atoms with Crippen LogP contribution in [0.5, 0.6) is 11.5 Å². The number of carbonyl (C=O) groups is 4. The van der Waals surface area contributed by atoms with Crippen LogP contribution in [0.25, 0.3) is 0 Å². The molecule has 11 heteroatoms. The van der Waals surface area contributed by atoms with Gasteiger partial charge in [0.05, 0.1) is 6.61 Å². The van der Waals surface area contributed by atoms with Crippen LogP contribution in [0, 0.1) is 20.8 Å². The molecule has 248 valence electrons. The Bertz CT molecular complexity index is 1120. The van der Waals surface area contributed by atoms with E-state index in [9.17, 15) is 19.2 Å². The largest absolute Gasteiger partial charge is 0.493 e. The van der Waals surface area contributed by atoms with Gasteiger partial charge in [0.1, 0.15) is 24.2 Å². The van der Waals surface area contributed by atoms with Crippen LogP contribution in [-0.4, -0.2) is 67.8 Å². The Labute approximate surface area is 261 Å². The highest BCUT2D eigenvalue weighted by Crippen LogP contribution is 2.37. The molecule has 0 aliphatic carbocycles. The molecule has 0 amide bonds. The topological polar surface area (TPSA) is 133 Å². The Morgan fingerprint density at radius 1 is 0.705 bits per heavy atom. The molecule has 0 N–H and O–H groups in total. The number of unbranched alkanes of at least 4 members (excludes halogenated alkanes) is 7. The summed E-state index contributed by atoms with van der Waals surface area (Å²) in [6.07, 6.45) is 3.39. The molecule has 1 aromatic rings. The van der Waals surface area contributed by atoms with Crippen LogP contribution >= 0.6 is 0 Å². The van der Waals surface area contributed by atoms with Gasteiger partial charge in [0.25, 0.3) is 0 Å². The molecule has 0 saturated carbocycles. The van der Waals surface area contributed by atoms with E-state index in [0.717, 1.165) is 35.3 Å². The highest BCUT2D eigenvalue weighted by Gasteiger charge is 2.53. The van der Waals surface area contributed by atoms with Crippen LogP contribution in [0.3, 0.4) is 0 Å². The summed E-state index contributed by atoms with van der Waals surface area (Å²) in [5, 5.41) is 0. The standard InChI is InChI=1S/C33H50O11/c1-9-10-11-12-13-14-15-16-17-38-27-18-20(2)29(22(4)21(27)3)44-33-32(42-26(8)37)31(41-25(7)36)30(40-24(6)35)28(43-33)19-39-23(5)34/h18,28,30-33H,9-17,19H2,1-8H3/t28-,30-,31+,32-,33+/m1/s1. The third kappa shape index (κ3) is 11.6. The molecule has 11 nitrogen and oxygen atoms in total. The zero-order valence-corrected chi connectivity index (χ0v) is 27.5. The zero-order valence-electron chi connectivity index (χ0n) is 27.5. The number of hydrogen-bond donors (Lipinski definition) is 0. The first-order valence-electron chi connectivity index (χ1n) is 15.6. The zero-order chi connectivity index (χ0) is 32.8. The van der Waals surface area contributed by atoms with E-state index in [0.29, 0.717) is 12.4 Å². The average Bonchev–Trinajstić information content (AvgIpc) is 2.93. The fourth-order valence-corrected chi connectivity index (χ4v) is 5.17. The van der Waals surface area contributed by atoms with Gasteiger partial charge in [0, 0.05) is 27.7 Å². The first kappa shape index (κ1) is 36.8. The Morgan fingerprint density at radius 3 is 1.82 bits per heavy atom. The number of ether oxygens (including phenoxy) is 7. The number of aryl methyl sites for hydroxylation is 1. The lowest BCUT2D eigenvalue weighted by Crippen LogP contribution is -2.63. The van der Waals surface area contributed by atoms with Gasteiger partial charge in [0.15, 0.2) is 12.2 Å². The van der Waals surface area contributed by atoms with E-state index in [-0.39, 0.29) is 6.61 Å². The maximum atomic E-state index is 12.2. The minimum Gasteiger partial charge on any atom is -0.493 e. The van der Waals surface area contributed by atoms with E-state index in [1.807, 2.05) is 26.8 Å². The van der Waals surface area contributed by atoms with Crippen molar-refractivity contribution in [2.75, 3.05) is 13.2 Å². The number of hydrogen-bond acceptors (Lipinski definition) is 11. The van der Waals surface area contributed by atoms with E-state index in [1.54, 1.807) is 0 Å². The maximum Gasteiger partial charge on any atom is 0.303 e. The molecule has 0 bridgehead atoms. The summed E-state index contributed by atoms with van der Waals surface area (Å²) in [5.74, 6) is -1.49. The van der Waals surface area contributed by atoms with Crippen molar-refractivity contribution in [2.24, 2.45) is 0 Å². The summed E-state index contributed by atoms with van der Waals surface area (Å²) in [7, 11) is 0. The monoisotopic (exact) mass is 622 g/mol. The van der Waals surface area contributed by atoms with Crippen molar-refractivity contribution < 1.29 is 52.3 Å². The minimum absolute atomic E-state index is 0.333. The van der Waals surface area contributed by atoms with Crippen molar-refractivity contribution in [1.82, 2.24) is 0 Å². The molecular weight excluding hydrogens is 572 g/mol. The molecule has 1 aliphatic heterocycles. The molecule has 0 aromatic heterocycles. The fraction of sp³-hybridized carbons (Fsp3) is 0.697. The minimum atomic E-state index is -1.31. The van der Waals surface area contributed by atoms with Gasteiger partial charge in [-0.2, -0.15) is 0 Å². The van der Waals surface area contributed by atoms with Gasteiger partial charge in [-0.25, -0.2) is 0 Å². The number of benzene rings is 1. The van der Waals surface area contributed by atoms with Gasteiger partial charge in [0.2, 0.25) is 12.4 Å². The van der Waals surface area contributed by atoms with E-state index in [2.05, 4.69) is 6.92 Å². The van der Waals surface area contributed by atoms with Gasteiger partial charge in [-0.1, -0.05) is 51.9 Å². The molecule has 5 atom stereocenters. The molecule has 0 unspecified atom stereocenters. The lowest BCUT2D eigenvalue weighted by molar-refractivity contribution is -0.288. The molecular formula is C33H50O11. The Balaban J connectivity index is 2.28. The number of esters is 4. The molecule has 0 radical (unpaired) electrons. The smallest absolute Gasteiger partial charge is 0.303 e. The van der Waals surface area contributed by atoms with E-state index in [4.69, 9.17) is 33.2 Å². The quantitative estimate of drug-likeness (QED) is 0.122. The SMILES string of the molecule is CCCCCCCCCCOc1cc(C)c(O[C@@H]2O[C@H](COC(C)=O)[C@@H](OC(C)=O)[C@H](OC(C)=O)[C@H]2OC(C)=O)c(C)c1C. The highest BCUT2D eigenvalue weighted by atomic mass is 16.7. The van der Waals surface area contributed by atoms with E-state index in [1.165, 1.54) is 66.2 Å². The lowest BCUT2D eigenvalue weighted by Gasteiger charge is -2.44. The molecule has 1 fully saturated rings. The first-order chi connectivity index (χ1) is 20.8. The molecule has 1 aliphatic rings. The van der Waals surface area contributed by atoms with Crippen LogP contribution in [0.1, 0.15) is 103 Å². The summed E-state index contributed by atoms with van der Waals surface area (Å²) in [5.41, 5.74) is 2.39. The summed E-state index contributed by atoms with van der Waals surface area (Å²) >= 11 is 0. The van der Waals surface area contributed by atoms with E-state index >= 15 is 0 Å². The van der Waals surface area contributed by atoms with Gasteiger partial charge >= 0.3 is 23.9 Å². The Morgan fingerprint density at radius 2 is 1.25 bits per heavy atom. The van der Waals surface area contributed by atoms with Gasteiger partial charge in [-0.05, 0) is 49.9 Å². The second-order valence-electron chi connectivity index (χ2n) is 11.3. The molecule has 2 rings (SSSR count). The summed E-state index contributed by atoms with van der Waals surface area (Å²) < 4.78 is 40.2. The Hall–Kier alpha value is -3.34. The first-order valence-corrected chi connectivity index (χ1v) is 15.6. The average molecular weight is 623 g/mol. The second kappa shape index (κ2) is 18.5. The van der Waals surface area contributed by atoms with Crippen LogP contribution in [0.4, 0.5) is 0 Å².